The van der Waals surface area contributed by atoms with E-state index >= 15 is 0 Å². The number of carbonyl (C=O) groups is 2. The number of rotatable bonds is 7. The Bertz CT molecular complexity index is 552. The number of hydrogen-bond acceptors (Lipinski definition) is 3. The molecule has 1 aliphatic carbocycles. The van der Waals surface area contributed by atoms with Crippen LogP contribution in [0.25, 0.3) is 0 Å². The summed E-state index contributed by atoms with van der Waals surface area (Å²) < 4.78 is 4.85. The Labute approximate surface area is 151 Å². The third-order valence-electron chi connectivity index (χ3n) is 5.33. The van der Waals surface area contributed by atoms with Crippen molar-refractivity contribution in [1.29, 1.82) is 0 Å². The second-order valence-electron chi connectivity index (χ2n) is 7.27. The average molecular weight is 345 g/mol. The molecule has 2 atom stereocenters. The maximum absolute atomic E-state index is 13.0. The molecule has 1 aromatic carbocycles. The molecule has 2 unspecified atom stereocenters. The number of ether oxygens (including phenoxy) is 1. The van der Waals surface area contributed by atoms with Gasteiger partial charge in [0, 0.05) is 13.0 Å². The summed E-state index contributed by atoms with van der Waals surface area (Å²) in [6.07, 6.45) is 6.62. The molecule has 4 nitrogen and oxygen atoms in total. The molecule has 1 aromatic rings. The van der Waals surface area contributed by atoms with Crippen molar-refractivity contribution in [3.8, 4) is 0 Å². The molecule has 138 valence electrons. The van der Waals surface area contributed by atoms with Gasteiger partial charge in [-0.3, -0.25) is 9.59 Å². The number of methoxy groups -OCH3 is 1. The van der Waals surface area contributed by atoms with Gasteiger partial charge in [-0.05, 0) is 31.2 Å². The van der Waals surface area contributed by atoms with Crippen molar-refractivity contribution in [2.45, 2.75) is 58.4 Å². The van der Waals surface area contributed by atoms with Crippen molar-refractivity contribution in [2.24, 2.45) is 11.8 Å². The fourth-order valence-electron chi connectivity index (χ4n) is 3.71. The second kappa shape index (κ2) is 9.59. The Morgan fingerprint density at radius 3 is 2.36 bits per heavy atom. The number of esters is 1. The maximum Gasteiger partial charge on any atom is 0.310 e. The van der Waals surface area contributed by atoms with Gasteiger partial charge in [-0.1, -0.05) is 56.5 Å². The Kier molecular flexibility index (Phi) is 7.48. The zero-order valence-electron chi connectivity index (χ0n) is 15.7. The Hall–Kier alpha value is -1.84. The van der Waals surface area contributed by atoms with E-state index in [1.807, 2.05) is 49.1 Å². The van der Waals surface area contributed by atoms with Crippen LogP contribution in [0.1, 0.15) is 64.0 Å². The second-order valence-corrected chi connectivity index (χ2v) is 7.27. The molecule has 25 heavy (non-hydrogen) atoms. The minimum Gasteiger partial charge on any atom is -0.469 e. The van der Waals surface area contributed by atoms with Crippen LogP contribution >= 0.6 is 0 Å². The molecule has 0 aliphatic heterocycles. The minimum atomic E-state index is -0.327. The van der Waals surface area contributed by atoms with Crippen LogP contribution in [0.15, 0.2) is 30.3 Å². The summed E-state index contributed by atoms with van der Waals surface area (Å²) in [5.74, 6) is 0.0429. The van der Waals surface area contributed by atoms with Crippen molar-refractivity contribution in [2.75, 3.05) is 13.7 Å². The van der Waals surface area contributed by atoms with Crippen LogP contribution in [0.5, 0.6) is 0 Å². The lowest BCUT2D eigenvalue weighted by atomic mass is 9.86. The Morgan fingerprint density at radius 1 is 1.12 bits per heavy atom. The van der Waals surface area contributed by atoms with E-state index < -0.39 is 0 Å². The topological polar surface area (TPSA) is 46.6 Å². The predicted octanol–water partition coefficient (Wildman–Crippen LogP) is 4.36. The lowest BCUT2D eigenvalue weighted by molar-refractivity contribution is -0.147. The first-order valence-corrected chi connectivity index (χ1v) is 9.45. The largest absolute Gasteiger partial charge is 0.469 e. The summed E-state index contributed by atoms with van der Waals surface area (Å²) in [6.45, 7) is 4.26. The first kappa shape index (κ1) is 19.5. The third kappa shape index (κ3) is 5.58. The molecule has 4 heteroatoms. The van der Waals surface area contributed by atoms with Crippen LogP contribution in [-0.2, 0) is 14.3 Å². The zero-order chi connectivity index (χ0) is 18.2. The molecule has 1 fully saturated rings. The van der Waals surface area contributed by atoms with E-state index in [4.69, 9.17) is 4.74 Å². The lowest BCUT2D eigenvalue weighted by Gasteiger charge is -2.33. The van der Waals surface area contributed by atoms with E-state index in [-0.39, 0.29) is 23.8 Å². The van der Waals surface area contributed by atoms with Gasteiger partial charge in [-0.15, -0.1) is 0 Å². The third-order valence-corrected chi connectivity index (χ3v) is 5.33. The summed E-state index contributed by atoms with van der Waals surface area (Å²) in [5, 5.41) is 0. The quantitative estimate of drug-likeness (QED) is 0.690. The van der Waals surface area contributed by atoms with E-state index in [2.05, 4.69) is 0 Å². The predicted molar refractivity (Wildman–Crippen MR) is 98.9 cm³/mol. The van der Waals surface area contributed by atoms with E-state index in [0.29, 0.717) is 18.9 Å². The molecule has 0 spiro atoms. The molecule has 0 bridgehead atoms. The maximum atomic E-state index is 13.0. The van der Waals surface area contributed by atoms with Gasteiger partial charge in [0.25, 0.3) is 0 Å². The van der Waals surface area contributed by atoms with Gasteiger partial charge in [0.05, 0.1) is 19.1 Å². The first-order valence-electron chi connectivity index (χ1n) is 9.45. The fourth-order valence-corrected chi connectivity index (χ4v) is 3.71. The molecule has 0 N–H and O–H groups in total. The van der Waals surface area contributed by atoms with Crippen LogP contribution in [0, 0.1) is 11.8 Å². The van der Waals surface area contributed by atoms with Crippen molar-refractivity contribution in [3.63, 3.8) is 0 Å². The summed E-state index contributed by atoms with van der Waals surface area (Å²) in [6, 6.07) is 9.97. The van der Waals surface area contributed by atoms with Gasteiger partial charge in [0.15, 0.2) is 0 Å². The van der Waals surface area contributed by atoms with Gasteiger partial charge in [0.2, 0.25) is 5.91 Å². The minimum absolute atomic E-state index is 0.0515. The summed E-state index contributed by atoms with van der Waals surface area (Å²) in [7, 11) is 1.40. The monoisotopic (exact) mass is 345 g/mol. The normalized spacial score (nSPS) is 17.6. The molecular formula is C21H31NO3. The molecular weight excluding hydrogens is 314 g/mol. The van der Waals surface area contributed by atoms with E-state index in [9.17, 15) is 9.59 Å². The number of hydrogen-bond donors (Lipinski definition) is 0. The van der Waals surface area contributed by atoms with E-state index in [0.717, 1.165) is 18.4 Å². The number of benzene rings is 1. The van der Waals surface area contributed by atoms with Crippen LogP contribution in [0.2, 0.25) is 0 Å². The van der Waals surface area contributed by atoms with Crippen LogP contribution < -0.4 is 0 Å². The highest BCUT2D eigenvalue weighted by Crippen LogP contribution is 2.29. The van der Waals surface area contributed by atoms with Gasteiger partial charge < -0.3 is 9.64 Å². The average Bonchev–Trinajstić information content (AvgIpc) is 2.66. The summed E-state index contributed by atoms with van der Waals surface area (Å²) in [5.41, 5.74) is 1.09. The number of nitrogens with zero attached hydrogens (tertiary/aromatic N) is 1. The Morgan fingerprint density at radius 2 is 1.76 bits per heavy atom. The molecule has 2 rings (SSSR count). The SMILES string of the molecule is COC(=O)C(C)CN(C(=O)CC1CCCCC1)C(C)c1ccccc1. The van der Waals surface area contributed by atoms with Crippen molar-refractivity contribution < 1.29 is 14.3 Å². The molecule has 0 radical (unpaired) electrons. The summed E-state index contributed by atoms with van der Waals surface area (Å²) >= 11 is 0. The van der Waals surface area contributed by atoms with Crippen LogP contribution in [-0.4, -0.2) is 30.4 Å². The van der Waals surface area contributed by atoms with Gasteiger partial charge in [-0.2, -0.15) is 0 Å². The van der Waals surface area contributed by atoms with Crippen LogP contribution in [0.4, 0.5) is 0 Å². The highest BCUT2D eigenvalue weighted by Gasteiger charge is 2.28. The number of carbonyl (C=O) groups excluding carboxylic acids is 2. The van der Waals surface area contributed by atoms with Gasteiger partial charge in [0.1, 0.15) is 0 Å². The summed E-state index contributed by atoms with van der Waals surface area (Å²) in [4.78, 5) is 26.8. The van der Waals surface area contributed by atoms with Crippen LogP contribution in [0.3, 0.4) is 0 Å². The zero-order valence-corrected chi connectivity index (χ0v) is 15.7. The standard InChI is InChI=1S/C21H31NO3/c1-16(21(24)25-3)15-22(17(2)19-12-8-5-9-13-19)20(23)14-18-10-6-4-7-11-18/h5,8-9,12-13,16-18H,4,6-7,10-11,14-15H2,1-3H3. The fraction of sp³-hybridized carbons (Fsp3) is 0.619. The van der Waals surface area contributed by atoms with E-state index in [1.54, 1.807) is 0 Å². The Balaban J connectivity index is 2.12. The van der Waals surface area contributed by atoms with Crippen molar-refractivity contribution in [1.82, 2.24) is 4.90 Å². The smallest absolute Gasteiger partial charge is 0.310 e. The van der Waals surface area contributed by atoms with Crippen molar-refractivity contribution in [3.05, 3.63) is 35.9 Å². The van der Waals surface area contributed by atoms with Gasteiger partial charge in [-0.25, -0.2) is 0 Å². The molecule has 0 heterocycles. The highest BCUT2D eigenvalue weighted by molar-refractivity contribution is 5.78. The number of amides is 1. The van der Waals surface area contributed by atoms with Gasteiger partial charge >= 0.3 is 5.97 Å². The molecule has 0 saturated heterocycles. The molecule has 1 aliphatic rings. The highest BCUT2D eigenvalue weighted by atomic mass is 16.5. The lowest BCUT2D eigenvalue weighted by Crippen LogP contribution is -2.40. The van der Waals surface area contributed by atoms with Crippen molar-refractivity contribution >= 4 is 11.9 Å². The molecule has 1 saturated carbocycles. The molecule has 0 aromatic heterocycles. The van der Waals surface area contributed by atoms with E-state index in [1.165, 1.54) is 26.4 Å². The first-order chi connectivity index (χ1) is 12.0. The molecule has 1 amide bonds.